The summed E-state index contributed by atoms with van der Waals surface area (Å²) in [7, 11) is 0. The second-order valence-electron chi connectivity index (χ2n) is 3.93. The Kier molecular flexibility index (Phi) is 2.64. The molecule has 0 unspecified atom stereocenters. The molecule has 1 heterocycles. The molecular formula is C12H12FNO2. The van der Waals surface area contributed by atoms with Crippen LogP contribution in [0.2, 0.25) is 0 Å². The highest BCUT2D eigenvalue weighted by Gasteiger charge is 2.14. The Balaban J connectivity index is 2.44. The van der Waals surface area contributed by atoms with Gasteiger partial charge in [0.25, 0.3) is 0 Å². The Morgan fingerprint density at radius 3 is 3.00 bits per heavy atom. The third-order valence-corrected chi connectivity index (χ3v) is 2.69. The molecule has 0 bridgehead atoms. The molecule has 0 amide bonds. The molecule has 2 rings (SSSR count). The van der Waals surface area contributed by atoms with Crippen LogP contribution in [0.3, 0.4) is 0 Å². The summed E-state index contributed by atoms with van der Waals surface area (Å²) in [4.78, 5) is 13.6. The van der Waals surface area contributed by atoms with Gasteiger partial charge in [-0.1, -0.05) is 6.92 Å². The Morgan fingerprint density at radius 1 is 1.56 bits per heavy atom. The number of hydrogen-bond acceptors (Lipinski definition) is 1. The minimum absolute atomic E-state index is 0.0451. The van der Waals surface area contributed by atoms with Crippen molar-refractivity contribution >= 4 is 16.9 Å². The number of nitrogens with one attached hydrogen (secondary N) is 1. The van der Waals surface area contributed by atoms with E-state index in [1.54, 1.807) is 12.3 Å². The zero-order chi connectivity index (χ0) is 11.7. The minimum atomic E-state index is -0.849. The van der Waals surface area contributed by atoms with Crippen molar-refractivity contribution in [2.75, 3.05) is 0 Å². The van der Waals surface area contributed by atoms with Crippen LogP contribution in [-0.4, -0.2) is 16.1 Å². The largest absolute Gasteiger partial charge is 0.481 e. The average Bonchev–Trinajstić information content (AvgIpc) is 2.59. The topological polar surface area (TPSA) is 53.1 Å². The van der Waals surface area contributed by atoms with Crippen molar-refractivity contribution in [2.45, 2.75) is 19.3 Å². The number of benzene rings is 1. The maximum absolute atomic E-state index is 13.1. The zero-order valence-electron chi connectivity index (χ0n) is 8.83. The molecule has 1 atom stereocenters. The predicted octanol–water partition coefficient (Wildman–Crippen LogP) is 2.89. The van der Waals surface area contributed by atoms with Gasteiger partial charge < -0.3 is 10.1 Å². The Bertz CT molecular complexity index is 533. The van der Waals surface area contributed by atoms with Gasteiger partial charge in [-0.25, -0.2) is 4.39 Å². The number of hydrogen-bond donors (Lipinski definition) is 2. The number of halogens is 1. The van der Waals surface area contributed by atoms with Crippen molar-refractivity contribution in [1.29, 1.82) is 0 Å². The van der Waals surface area contributed by atoms with Crippen LogP contribution in [0.15, 0.2) is 24.4 Å². The van der Waals surface area contributed by atoms with Gasteiger partial charge in [0.2, 0.25) is 0 Å². The third-order valence-electron chi connectivity index (χ3n) is 2.69. The molecule has 0 radical (unpaired) electrons. The number of aromatic nitrogens is 1. The van der Waals surface area contributed by atoms with E-state index in [0.717, 1.165) is 16.5 Å². The second-order valence-corrected chi connectivity index (χ2v) is 3.93. The number of carboxylic acid groups (broad SMARTS) is 1. The standard InChI is InChI=1S/C12H12FNO2/c1-7(4-12(15)16)10-6-14-11-3-2-8(13)5-9(10)11/h2-3,5-7,14H,4H2,1H3,(H,15,16)/t7-/m1/s1. The van der Waals surface area contributed by atoms with Gasteiger partial charge in [-0.3, -0.25) is 4.79 Å². The lowest BCUT2D eigenvalue weighted by Gasteiger charge is -2.06. The van der Waals surface area contributed by atoms with Crippen LogP contribution in [0.5, 0.6) is 0 Å². The quantitative estimate of drug-likeness (QED) is 0.837. The lowest BCUT2D eigenvalue weighted by molar-refractivity contribution is -0.137. The van der Waals surface area contributed by atoms with Crippen molar-refractivity contribution in [1.82, 2.24) is 4.98 Å². The molecular weight excluding hydrogens is 209 g/mol. The smallest absolute Gasteiger partial charge is 0.303 e. The summed E-state index contributed by atoms with van der Waals surface area (Å²) in [5.74, 6) is -1.29. The molecule has 0 aliphatic rings. The van der Waals surface area contributed by atoms with Gasteiger partial charge >= 0.3 is 5.97 Å². The lowest BCUT2D eigenvalue weighted by Crippen LogP contribution is -2.02. The maximum Gasteiger partial charge on any atom is 0.303 e. The van der Waals surface area contributed by atoms with Crippen molar-refractivity contribution in [2.24, 2.45) is 0 Å². The number of aliphatic carboxylic acids is 1. The molecule has 2 aromatic rings. The first-order valence-electron chi connectivity index (χ1n) is 5.06. The fourth-order valence-corrected chi connectivity index (χ4v) is 1.89. The average molecular weight is 221 g/mol. The highest BCUT2D eigenvalue weighted by Crippen LogP contribution is 2.28. The van der Waals surface area contributed by atoms with E-state index in [-0.39, 0.29) is 18.2 Å². The van der Waals surface area contributed by atoms with Crippen LogP contribution >= 0.6 is 0 Å². The van der Waals surface area contributed by atoms with Gasteiger partial charge in [-0.05, 0) is 29.7 Å². The SMILES string of the molecule is C[C@H](CC(=O)O)c1c[nH]c2ccc(F)cc12. The number of rotatable bonds is 3. The van der Waals surface area contributed by atoms with E-state index in [0.29, 0.717) is 0 Å². The van der Waals surface area contributed by atoms with Gasteiger partial charge in [0, 0.05) is 17.1 Å². The highest BCUT2D eigenvalue weighted by molar-refractivity contribution is 5.84. The maximum atomic E-state index is 13.1. The molecule has 1 aromatic heterocycles. The predicted molar refractivity (Wildman–Crippen MR) is 58.9 cm³/mol. The summed E-state index contributed by atoms with van der Waals surface area (Å²) in [6.45, 7) is 1.82. The number of H-pyrrole nitrogens is 1. The zero-order valence-corrected chi connectivity index (χ0v) is 8.83. The van der Waals surface area contributed by atoms with Crippen molar-refractivity contribution < 1.29 is 14.3 Å². The molecule has 0 aliphatic heterocycles. The van der Waals surface area contributed by atoms with Crippen LogP contribution in [0.1, 0.15) is 24.8 Å². The van der Waals surface area contributed by atoms with Crippen molar-refractivity contribution in [3.63, 3.8) is 0 Å². The summed E-state index contributed by atoms with van der Waals surface area (Å²) >= 11 is 0. The fourth-order valence-electron chi connectivity index (χ4n) is 1.89. The molecule has 2 N–H and O–H groups in total. The normalized spacial score (nSPS) is 12.9. The first-order chi connectivity index (χ1) is 7.58. The van der Waals surface area contributed by atoms with Gasteiger partial charge in [0.05, 0.1) is 6.42 Å². The molecule has 0 spiro atoms. The second kappa shape index (κ2) is 3.96. The Morgan fingerprint density at radius 2 is 2.31 bits per heavy atom. The molecule has 0 saturated carbocycles. The van der Waals surface area contributed by atoms with E-state index in [4.69, 9.17) is 5.11 Å². The lowest BCUT2D eigenvalue weighted by atomic mass is 9.97. The van der Waals surface area contributed by atoms with E-state index >= 15 is 0 Å². The van der Waals surface area contributed by atoms with Gasteiger partial charge in [0.15, 0.2) is 0 Å². The van der Waals surface area contributed by atoms with Gasteiger partial charge in [-0.15, -0.1) is 0 Å². The molecule has 84 valence electrons. The highest BCUT2D eigenvalue weighted by atomic mass is 19.1. The number of carboxylic acids is 1. The molecule has 0 aliphatic carbocycles. The van der Waals surface area contributed by atoms with E-state index in [9.17, 15) is 9.18 Å². The monoisotopic (exact) mass is 221 g/mol. The Labute approximate surface area is 91.9 Å². The van der Waals surface area contributed by atoms with Crippen LogP contribution in [0, 0.1) is 5.82 Å². The van der Waals surface area contributed by atoms with Gasteiger partial charge in [0.1, 0.15) is 5.82 Å². The van der Waals surface area contributed by atoms with E-state index < -0.39 is 5.97 Å². The van der Waals surface area contributed by atoms with Crippen LogP contribution < -0.4 is 0 Å². The summed E-state index contributed by atoms with van der Waals surface area (Å²) in [5, 5.41) is 9.48. The fraction of sp³-hybridized carbons (Fsp3) is 0.250. The van der Waals surface area contributed by atoms with Crippen molar-refractivity contribution in [3.8, 4) is 0 Å². The van der Waals surface area contributed by atoms with Crippen LogP contribution in [-0.2, 0) is 4.79 Å². The summed E-state index contributed by atoms with van der Waals surface area (Å²) in [6, 6.07) is 4.46. The third kappa shape index (κ3) is 1.91. The van der Waals surface area contributed by atoms with Crippen LogP contribution in [0.4, 0.5) is 4.39 Å². The number of aromatic amines is 1. The summed E-state index contributed by atoms with van der Waals surface area (Å²) in [5.41, 5.74) is 1.67. The first kappa shape index (κ1) is 10.7. The summed E-state index contributed by atoms with van der Waals surface area (Å²) in [6.07, 6.45) is 1.79. The van der Waals surface area contributed by atoms with Crippen molar-refractivity contribution in [3.05, 3.63) is 35.8 Å². The van der Waals surface area contributed by atoms with E-state index in [1.807, 2.05) is 6.92 Å². The van der Waals surface area contributed by atoms with E-state index in [1.165, 1.54) is 12.1 Å². The number of carbonyl (C=O) groups is 1. The molecule has 16 heavy (non-hydrogen) atoms. The first-order valence-corrected chi connectivity index (χ1v) is 5.06. The molecule has 0 fully saturated rings. The molecule has 1 aromatic carbocycles. The molecule has 3 nitrogen and oxygen atoms in total. The number of fused-ring (bicyclic) bond motifs is 1. The molecule has 4 heteroatoms. The van der Waals surface area contributed by atoms with E-state index in [2.05, 4.69) is 4.98 Å². The minimum Gasteiger partial charge on any atom is -0.481 e. The Hall–Kier alpha value is -1.84. The van der Waals surface area contributed by atoms with Gasteiger partial charge in [-0.2, -0.15) is 0 Å². The molecule has 0 saturated heterocycles. The van der Waals surface area contributed by atoms with Crippen LogP contribution in [0.25, 0.3) is 10.9 Å². The summed E-state index contributed by atoms with van der Waals surface area (Å²) < 4.78 is 13.1.